The monoisotopic (exact) mass is 383 g/mol. The Labute approximate surface area is 156 Å². The molecule has 2 heterocycles. The highest BCUT2D eigenvalue weighted by atomic mass is 32.1. The SMILES string of the molecule is CCOCCOC(=O)CC1C(=O)NCCN1C(=S)NC(=O)c1ccco1. The van der Waals surface area contributed by atoms with Crippen LogP contribution in [0.25, 0.3) is 0 Å². The first-order chi connectivity index (χ1) is 12.5. The maximum absolute atomic E-state index is 12.2. The number of rotatable bonds is 7. The second-order valence-electron chi connectivity index (χ2n) is 5.36. The number of carbonyl (C=O) groups is 3. The summed E-state index contributed by atoms with van der Waals surface area (Å²) in [7, 11) is 0. The average molecular weight is 383 g/mol. The summed E-state index contributed by atoms with van der Waals surface area (Å²) in [5.41, 5.74) is 0. The van der Waals surface area contributed by atoms with E-state index in [1.807, 2.05) is 6.92 Å². The Morgan fingerprint density at radius 1 is 1.46 bits per heavy atom. The van der Waals surface area contributed by atoms with Crippen LogP contribution in [0.15, 0.2) is 22.8 Å². The lowest BCUT2D eigenvalue weighted by molar-refractivity contribution is -0.148. The van der Waals surface area contributed by atoms with E-state index in [-0.39, 0.29) is 29.8 Å². The molecule has 0 spiro atoms. The molecule has 1 atom stereocenters. The van der Waals surface area contributed by atoms with E-state index in [2.05, 4.69) is 10.6 Å². The van der Waals surface area contributed by atoms with Gasteiger partial charge in [-0.2, -0.15) is 0 Å². The van der Waals surface area contributed by atoms with Gasteiger partial charge in [-0.25, -0.2) is 0 Å². The zero-order valence-electron chi connectivity index (χ0n) is 14.4. The Bertz CT molecular complexity index is 648. The molecule has 1 aliphatic rings. The van der Waals surface area contributed by atoms with Crippen molar-refractivity contribution in [2.24, 2.45) is 0 Å². The first kappa shape index (κ1) is 19.9. The summed E-state index contributed by atoms with van der Waals surface area (Å²) in [4.78, 5) is 37.7. The minimum atomic E-state index is -0.854. The van der Waals surface area contributed by atoms with Gasteiger partial charge in [-0.15, -0.1) is 0 Å². The number of furan rings is 1. The van der Waals surface area contributed by atoms with Gasteiger partial charge in [0.25, 0.3) is 5.91 Å². The fraction of sp³-hybridized carbons (Fsp3) is 0.500. The van der Waals surface area contributed by atoms with Crippen LogP contribution >= 0.6 is 12.2 Å². The van der Waals surface area contributed by atoms with E-state index in [9.17, 15) is 14.4 Å². The Hall–Kier alpha value is -2.46. The number of nitrogens with one attached hydrogen (secondary N) is 2. The number of nitrogens with zero attached hydrogens (tertiary/aromatic N) is 1. The molecule has 2 amide bonds. The molecule has 2 rings (SSSR count). The highest BCUT2D eigenvalue weighted by Gasteiger charge is 2.34. The third kappa shape index (κ3) is 5.53. The number of amides is 2. The molecule has 2 N–H and O–H groups in total. The molecule has 142 valence electrons. The van der Waals surface area contributed by atoms with Crippen LogP contribution in [0.4, 0.5) is 0 Å². The highest BCUT2D eigenvalue weighted by molar-refractivity contribution is 7.80. The van der Waals surface area contributed by atoms with Crippen LogP contribution in [0.2, 0.25) is 0 Å². The normalized spacial score (nSPS) is 16.7. The lowest BCUT2D eigenvalue weighted by Crippen LogP contribution is -2.60. The molecule has 9 nitrogen and oxygen atoms in total. The molecule has 1 aromatic rings. The van der Waals surface area contributed by atoms with Crippen LogP contribution < -0.4 is 10.6 Å². The van der Waals surface area contributed by atoms with Crippen molar-refractivity contribution in [3.63, 3.8) is 0 Å². The largest absolute Gasteiger partial charge is 0.463 e. The summed E-state index contributed by atoms with van der Waals surface area (Å²) in [5, 5.41) is 5.23. The van der Waals surface area contributed by atoms with Gasteiger partial charge in [0.2, 0.25) is 5.91 Å². The van der Waals surface area contributed by atoms with Gasteiger partial charge in [0, 0.05) is 19.7 Å². The Morgan fingerprint density at radius 3 is 2.96 bits per heavy atom. The second kappa shape index (κ2) is 9.88. The first-order valence-electron chi connectivity index (χ1n) is 8.19. The molecule has 1 aromatic heterocycles. The third-order valence-electron chi connectivity index (χ3n) is 3.61. The van der Waals surface area contributed by atoms with Crippen LogP contribution in [0.1, 0.15) is 23.9 Å². The van der Waals surface area contributed by atoms with Gasteiger partial charge >= 0.3 is 5.97 Å². The van der Waals surface area contributed by atoms with Gasteiger partial charge in [0.1, 0.15) is 12.6 Å². The molecule has 0 saturated carbocycles. The van der Waals surface area contributed by atoms with E-state index >= 15 is 0 Å². The molecular formula is C16H21N3O6S. The molecule has 10 heteroatoms. The predicted octanol–water partition coefficient (Wildman–Crippen LogP) is 0.0645. The fourth-order valence-corrected chi connectivity index (χ4v) is 2.69. The highest BCUT2D eigenvalue weighted by Crippen LogP contribution is 2.11. The molecule has 0 radical (unpaired) electrons. The molecule has 1 saturated heterocycles. The van der Waals surface area contributed by atoms with E-state index in [0.29, 0.717) is 26.3 Å². The van der Waals surface area contributed by atoms with Crippen molar-refractivity contribution in [2.75, 3.05) is 32.9 Å². The summed E-state index contributed by atoms with van der Waals surface area (Å²) in [6, 6.07) is 2.22. The summed E-state index contributed by atoms with van der Waals surface area (Å²) >= 11 is 5.23. The Morgan fingerprint density at radius 2 is 2.27 bits per heavy atom. The Balaban J connectivity index is 1.93. The molecule has 1 fully saturated rings. The van der Waals surface area contributed by atoms with E-state index in [1.54, 1.807) is 6.07 Å². The van der Waals surface area contributed by atoms with E-state index in [1.165, 1.54) is 17.2 Å². The molecule has 26 heavy (non-hydrogen) atoms. The minimum absolute atomic E-state index is 0.0494. The van der Waals surface area contributed by atoms with Crippen molar-refractivity contribution in [1.82, 2.24) is 15.5 Å². The van der Waals surface area contributed by atoms with Crippen LogP contribution in [0.5, 0.6) is 0 Å². The summed E-state index contributed by atoms with van der Waals surface area (Å²) in [6.45, 7) is 3.48. The topological polar surface area (TPSA) is 110 Å². The van der Waals surface area contributed by atoms with Crippen molar-refractivity contribution < 1.29 is 28.3 Å². The molecular weight excluding hydrogens is 362 g/mol. The number of thiocarbonyl (C=S) groups is 1. The van der Waals surface area contributed by atoms with Crippen LogP contribution in [-0.2, 0) is 19.1 Å². The third-order valence-corrected chi connectivity index (χ3v) is 3.95. The van der Waals surface area contributed by atoms with Crippen molar-refractivity contribution in [2.45, 2.75) is 19.4 Å². The first-order valence-corrected chi connectivity index (χ1v) is 8.60. The molecule has 0 bridgehead atoms. The maximum Gasteiger partial charge on any atom is 0.308 e. The summed E-state index contributed by atoms with van der Waals surface area (Å²) in [6.07, 6.45) is 1.18. The van der Waals surface area contributed by atoms with Crippen molar-refractivity contribution >= 4 is 35.1 Å². The lowest BCUT2D eigenvalue weighted by Gasteiger charge is -2.36. The predicted molar refractivity (Wildman–Crippen MR) is 94.3 cm³/mol. The number of hydrogen-bond donors (Lipinski definition) is 2. The van der Waals surface area contributed by atoms with Gasteiger partial charge in [-0.05, 0) is 31.3 Å². The molecule has 1 unspecified atom stereocenters. The minimum Gasteiger partial charge on any atom is -0.463 e. The quantitative estimate of drug-likeness (QED) is 0.387. The van der Waals surface area contributed by atoms with Crippen molar-refractivity contribution in [3.8, 4) is 0 Å². The molecule has 0 aliphatic carbocycles. The van der Waals surface area contributed by atoms with E-state index < -0.39 is 17.9 Å². The Kier molecular flexibility index (Phi) is 7.54. The zero-order chi connectivity index (χ0) is 18.9. The van der Waals surface area contributed by atoms with E-state index in [0.717, 1.165) is 0 Å². The number of carbonyl (C=O) groups excluding carboxylic acids is 3. The number of ether oxygens (including phenoxy) is 2. The smallest absolute Gasteiger partial charge is 0.308 e. The van der Waals surface area contributed by atoms with Gasteiger partial charge in [0.15, 0.2) is 10.9 Å². The van der Waals surface area contributed by atoms with Crippen LogP contribution in [-0.4, -0.2) is 66.7 Å². The molecule has 1 aliphatic heterocycles. The van der Waals surface area contributed by atoms with Crippen molar-refractivity contribution in [3.05, 3.63) is 24.2 Å². The van der Waals surface area contributed by atoms with Gasteiger partial charge in [0.05, 0.1) is 19.3 Å². The maximum atomic E-state index is 12.2. The zero-order valence-corrected chi connectivity index (χ0v) is 15.2. The van der Waals surface area contributed by atoms with Gasteiger partial charge < -0.3 is 24.1 Å². The molecule has 0 aromatic carbocycles. The second-order valence-corrected chi connectivity index (χ2v) is 5.75. The number of esters is 1. The van der Waals surface area contributed by atoms with Crippen molar-refractivity contribution in [1.29, 1.82) is 0 Å². The van der Waals surface area contributed by atoms with Crippen LogP contribution in [0.3, 0.4) is 0 Å². The van der Waals surface area contributed by atoms with Crippen LogP contribution in [0, 0.1) is 0 Å². The number of piperazine rings is 1. The fourth-order valence-electron chi connectivity index (χ4n) is 2.37. The average Bonchev–Trinajstić information content (AvgIpc) is 3.15. The lowest BCUT2D eigenvalue weighted by atomic mass is 10.1. The van der Waals surface area contributed by atoms with Gasteiger partial charge in [-0.3, -0.25) is 19.7 Å². The number of hydrogen-bond acceptors (Lipinski definition) is 7. The summed E-state index contributed by atoms with van der Waals surface area (Å²) < 4.78 is 15.1. The van der Waals surface area contributed by atoms with E-state index in [4.69, 9.17) is 26.1 Å². The van der Waals surface area contributed by atoms with Gasteiger partial charge in [-0.1, -0.05) is 0 Å². The standard InChI is InChI=1S/C16H21N3O6S/c1-2-23-8-9-25-13(20)10-11-14(21)17-5-6-19(11)16(26)18-15(22)12-4-3-7-24-12/h3-4,7,11H,2,5-6,8-10H2,1H3,(H,17,21)(H,18,22,26). The summed E-state index contributed by atoms with van der Waals surface area (Å²) in [5.74, 6) is -1.32.